The Morgan fingerprint density at radius 3 is 2.82 bits per heavy atom. The average molecular weight is 155 g/mol. The Hall–Kier alpha value is -0.370. The van der Waals surface area contributed by atoms with Gasteiger partial charge in [-0.25, -0.2) is 9.48 Å². The van der Waals surface area contributed by atoms with E-state index in [9.17, 15) is 0 Å². The van der Waals surface area contributed by atoms with Gasteiger partial charge in [0.15, 0.2) is 6.21 Å². The van der Waals surface area contributed by atoms with Crippen molar-refractivity contribution >= 4 is 6.21 Å². The normalized spacial score (nSPS) is 25.7. The van der Waals surface area contributed by atoms with Crippen LogP contribution in [0.1, 0.15) is 26.7 Å². The van der Waals surface area contributed by atoms with Crippen molar-refractivity contribution in [3.8, 4) is 0 Å². The van der Waals surface area contributed by atoms with Crippen molar-refractivity contribution in [1.29, 1.82) is 0 Å². The summed E-state index contributed by atoms with van der Waals surface area (Å²) in [5, 5.41) is 0. The van der Waals surface area contributed by atoms with Crippen LogP contribution in [-0.2, 0) is 0 Å². The highest BCUT2D eigenvalue weighted by molar-refractivity contribution is 5.55. The van der Waals surface area contributed by atoms with Crippen LogP contribution in [0.2, 0.25) is 0 Å². The fourth-order valence-electron chi connectivity index (χ4n) is 1.41. The summed E-state index contributed by atoms with van der Waals surface area (Å²) in [7, 11) is 2.17. The third-order valence-electron chi connectivity index (χ3n) is 2.49. The monoisotopic (exact) mass is 155 g/mol. The Morgan fingerprint density at radius 2 is 2.36 bits per heavy atom. The molecule has 2 nitrogen and oxygen atoms in total. The van der Waals surface area contributed by atoms with Crippen LogP contribution in [0.4, 0.5) is 0 Å². The third kappa shape index (κ3) is 2.03. The Bertz CT molecular complexity index is 152. The van der Waals surface area contributed by atoms with Gasteiger partial charge in [0, 0.05) is 13.3 Å². The van der Waals surface area contributed by atoms with Gasteiger partial charge in [-0.2, -0.15) is 0 Å². The lowest BCUT2D eigenvalue weighted by molar-refractivity contribution is -0.569. The number of nitrogens with zero attached hydrogens (tertiary/aromatic N) is 2. The molecule has 0 fully saturated rings. The maximum atomic E-state index is 2.43. The largest absolute Gasteiger partial charge is 0.239 e. The van der Waals surface area contributed by atoms with E-state index in [1.807, 2.05) is 0 Å². The number of unbranched alkanes of at least 4 members (excludes halogenated alkanes) is 1. The van der Waals surface area contributed by atoms with E-state index in [1.54, 1.807) is 0 Å². The van der Waals surface area contributed by atoms with Gasteiger partial charge in [-0.15, -0.1) is 0 Å². The molecule has 1 rings (SSSR count). The lowest BCUT2D eigenvalue weighted by atomic mass is 10.3. The molecular weight excluding hydrogens is 136 g/mol. The van der Waals surface area contributed by atoms with Crippen molar-refractivity contribution in [3.63, 3.8) is 0 Å². The molecule has 0 spiro atoms. The third-order valence-corrected chi connectivity index (χ3v) is 2.49. The Balaban J connectivity index is 2.34. The minimum absolute atomic E-state index is 0.613. The Kier molecular flexibility index (Phi) is 3.06. The molecule has 0 bridgehead atoms. The molecule has 1 atom stereocenters. The summed E-state index contributed by atoms with van der Waals surface area (Å²) in [5.74, 6) is 0. The zero-order valence-corrected chi connectivity index (χ0v) is 7.88. The maximum absolute atomic E-state index is 2.43. The molecule has 0 saturated carbocycles. The van der Waals surface area contributed by atoms with E-state index in [0.717, 1.165) is 6.54 Å². The zero-order chi connectivity index (χ0) is 8.27. The summed E-state index contributed by atoms with van der Waals surface area (Å²) in [6.45, 7) is 6.84. The minimum Gasteiger partial charge on any atom is -0.239 e. The van der Waals surface area contributed by atoms with Crippen LogP contribution in [0.15, 0.2) is 0 Å². The number of hydrogen-bond acceptors (Lipinski definition) is 1. The molecule has 1 heterocycles. The van der Waals surface area contributed by atoms with E-state index >= 15 is 0 Å². The second-order valence-corrected chi connectivity index (χ2v) is 3.35. The van der Waals surface area contributed by atoms with Crippen LogP contribution in [0, 0.1) is 0 Å². The first-order valence-electron chi connectivity index (χ1n) is 4.55. The topological polar surface area (TPSA) is 6.25 Å². The average Bonchev–Trinajstić information content (AvgIpc) is 2.31. The molecule has 11 heavy (non-hydrogen) atoms. The van der Waals surface area contributed by atoms with Crippen molar-refractivity contribution in [2.45, 2.75) is 32.9 Å². The molecule has 0 aromatic carbocycles. The molecule has 0 amide bonds. The molecule has 2 heteroatoms. The number of rotatable bonds is 3. The van der Waals surface area contributed by atoms with Gasteiger partial charge in [-0.1, -0.05) is 13.3 Å². The molecule has 1 aliphatic rings. The van der Waals surface area contributed by atoms with Gasteiger partial charge in [-0.3, -0.25) is 0 Å². The van der Waals surface area contributed by atoms with E-state index in [4.69, 9.17) is 0 Å². The molecule has 0 aromatic rings. The molecule has 1 aliphatic heterocycles. The smallest absolute Gasteiger partial charge is 0.206 e. The summed E-state index contributed by atoms with van der Waals surface area (Å²) in [5.41, 5.74) is 0. The first-order valence-corrected chi connectivity index (χ1v) is 4.55. The molecule has 64 valence electrons. The van der Waals surface area contributed by atoms with E-state index in [2.05, 4.69) is 36.6 Å². The van der Waals surface area contributed by atoms with Gasteiger partial charge >= 0.3 is 0 Å². The van der Waals surface area contributed by atoms with Crippen molar-refractivity contribution in [3.05, 3.63) is 0 Å². The van der Waals surface area contributed by atoms with E-state index in [1.165, 1.54) is 19.4 Å². The fourth-order valence-corrected chi connectivity index (χ4v) is 1.41. The van der Waals surface area contributed by atoms with Gasteiger partial charge in [0.25, 0.3) is 0 Å². The molecular formula is C9H19N2+. The van der Waals surface area contributed by atoms with Crippen LogP contribution >= 0.6 is 0 Å². The molecule has 0 unspecified atom stereocenters. The van der Waals surface area contributed by atoms with Crippen LogP contribution in [0.5, 0.6) is 0 Å². The van der Waals surface area contributed by atoms with Crippen molar-refractivity contribution in [1.82, 2.24) is 4.90 Å². The highest BCUT2D eigenvalue weighted by Gasteiger charge is 2.25. The van der Waals surface area contributed by atoms with Gasteiger partial charge in [0.2, 0.25) is 6.17 Å². The van der Waals surface area contributed by atoms with E-state index in [0.29, 0.717) is 6.17 Å². The van der Waals surface area contributed by atoms with Crippen LogP contribution in [0.3, 0.4) is 0 Å². The first-order chi connectivity index (χ1) is 5.25. The predicted octanol–water partition coefficient (Wildman–Crippen LogP) is 1.16. The molecule has 0 aromatic heterocycles. The second-order valence-electron chi connectivity index (χ2n) is 3.35. The Labute approximate surface area is 69.5 Å². The minimum atomic E-state index is 0.613. The summed E-state index contributed by atoms with van der Waals surface area (Å²) in [4.78, 5) is 2.36. The number of hydrogen-bond donors (Lipinski definition) is 0. The molecule has 0 N–H and O–H groups in total. The SMILES string of the molecule is CCCC[N+]1=CCN(C)[C@@H]1C. The van der Waals surface area contributed by atoms with Crippen LogP contribution < -0.4 is 0 Å². The van der Waals surface area contributed by atoms with Gasteiger partial charge in [0.1, 0.15) is 6.54 Å². The highest BCUT2D eigenvalue weighted by atomic mass is 15.3. The van der Waals surface area contributed by atoms with Crippen LogP contribution in [-0.4, -0.2) is 42.0 Å². The Morgan fingerprint density at radius 1 is 1.64 bits per heavy atom. The quantitative estimate of drug-likeness (QED) is 0.554. The molecule has 0 radical (unpaired) electrons. The maximum Gasteiger partial charge on any atom is 0.206 e. The zero-order valence-electron chi connectivity index (χ0n) is 7.88. The predicted molar refractivity (Wildman–Crippen MR) is 48.2 cm³/mol. The lowest BCUT2D eigenvalue weighted by Gasteiger charge is -2.11. The summed E-state index contributed by atoms with van der Waals surface area (Å²) in [6, 6.07) is 0. The lowest BCUT2D eigenvalue weighted by Crippen LogP contribution is -2.31. The molecule has 0 aliphatic carbocycles. The standard InChI is InChI=1S/C9H19N2/c1-4-5-6-11-8-7-10(3)9(11)2/h8-9H,4-7H2,1-3H3/q+1/t9-/m0/s1. The second kappa shape index (κ2) is 3.86. The highest BCUT2D eigenvalue weighted by Crippen LogP contribution is 2.03. The van der Waals surface area contributed by atoms with Gasteiger partial charge < -0.3 is 0 Å². The van der Waals surface area contributed by atoms with Crippen LogP contribution in [0.25, 0.3) is 0 Å². The first kappa shape index (κ1) is 8.72. The van der Waals surface area contributed by atoms with E-state index < -0.39 is 0 Å². The fraction of sp³-hybridized carbons (Fsp3) is 0.889. The van der Waals surface area contributed by atoms with E-state index in [-0.39, 0.29) is 0 Å². The van der Waals surface area contributed by atoms with Crippen molar-refractivity contribution in [2.24, 2.45) is 0 Å². The van der Waals surface area contributed by atoms with Crippen molar-refractivity contribution in [2.75, 3.05) is 20.1 Å². The summed E-state index contributed by atoms with van der Waals surface area (Å²) in [6.07, 6.45) is 5.53. The summed E-state index contributed by atoms with van der Waals surface area (Å²) < 4.78 is 2.43. The van der Waals surface area contributed by atoms with Gasteiger partial charge in [-0.05, 0) is 7.05 Å². The molecule has 0 saturated heterocycles. The van der Waals surface area contributed by atoms with Gasteiger partial charge in [0.05, 0.1) is 6.54 Å². The van der Waals surface area contributed by atoms with Crippen molar-refractivity contribution < 1.29 is 4.58 Å². The summed E-state index contributed by atoms with van der Waals surface area (Å²) >= 11 is 0.